The van der Waals surface area contributed by atoms with E-state index in [9.17, 15) is 9.59 Å². The van der Waals surface area contributed by atoms with Gasteiger partial charge in [0.2, 0.25) is 5.91 Å². The van der Waals surface area contributed by atoms with Crippen molar-refractivity contribution >= 4 is 11.7 Å². The van der Waals surface area contributed by atoms with E-state index in [0.29, 0.717) is 39.5 Å². The zero-order valence-electron chi connectivity index (χ0n) is 15.3. The van der Waals surface area contributed by atoms with Crippen LogP contribution in [-0.2, 0) is 23.9 Å². The summed E-state index contributed by atoms with van der Waals surface area (Å²) in [6.07, 6.45) is 3.86. The van der Waals surface area contributed by atoms with E-state index < -0.39 is 0 Å². The van der Waals surface area contributed by atoms with Crippen molar-refractivity contribution in [3.8, 4) is 0 Å². The molecule has 1 aliphatic carbocycles. The third-order valence-electron chi connectivity index (χ3n) is 3.86. The molecule has 0 radical (unpaired) electrons. The van der Waals surface area contributed by atoms with Crippen molar-refractivity contribution in [2.24, 2.45) is 11.8 Å². The summed E-state index contributed by atoms with van der Waals surface area (Å²) in [7, 11) is 0. The molecule has 0 saturated heterocycles. The van der Waals surface area contributed by atoms with E-state index in [1.54, 1.807) is 6.92 Å². The number of Topliss-reactive ketones (excluding diaryl/α,β-unsaturated/α-hetero) is 1. The second-order valence-corrected chi connectivity index (χ2v) is 5.57. The van der Waals surface area contributed by atoms with Crippen LogP contribution in [0.2, 0.25) is 0 Å². The Balaban J connectivity index is 0.00000254. The predicted octanol–water partition coefficient (Wildman–Crippen LogP) is 1.59. The van der Waals surface area contributed by atoms with Gasteiger partial charge in [-0.1, -0.05) is 13.8 Å². The van der Waals surface area contributed by atoms with E-state index in [-0.39, 0.29) is 23.7 Å². The average molecular weight is 346 g/mol. The largest absolute Gasteiger partial charge is 0.379 e. The molecule has 7 nitrogen and oxygen atoms in total. The van der Waals surface area contributed by atoms with Crippen LogP contribution in [0, 0.1) is 5.92 Å². The second kappa shape index (κ2) is 15.5. The highest BCUT2D eigenvalue weighted by Crippen LogP contribution is 2.24. The lowest BCUT2D eigenvalue weighted by Crippen LogP contribution is -2.38. The first kappa shape index (κ1) is 23.0. The number of ether oxygens (including phenoxy) is 2. The Labute approximate surface area is 145 Å². The zero-order valence-corrected chi connectivity index (χ0v) is 15.3. The number of hydrogen-bond acceptors (Lipinski definition) is 6. The van der Waals surface area contributed by atoms with Gasteiger partial charge >= 0.3 is 0 Å². The fraction of sp³-hybridized carbons (Fsp3) is 0.882. The van der Waals surface area contributed by atoms with E-state index in [1.807, 2.05) is 13.8 Å². The third kappa shape index (κ3) is 11.5. The maximum atomic E-state index is 11.8. The van der Waals surface area contributed by atoms with Gasteiger partial charge in [0.1, 0.15) is 5.78 Å². The third-order valence-corrected chi connectivity index (χ3v) is 3.86. The quantitative estimate of drug-likeness (QED) is 0.435. The molecule has 0 atom stereocenters. The summed E-state index contributed by atoms with van der Waals surface area (Å²) >= 11 is 0. The first-order valence-corrected chi connectivity index (χ1v) is 8.90. The van der Waals surface area contributed by atoms with E-state index in [2.05, 4.69) is 10.2 Å². The van der Waals surface area contributed by atoms with Gasteiger partial charge in [-0.3, -0.25) is 9.59 Å². The minimum Gasteiger partial charge on any atom is -0.379 e. The molecule has 0 aromatic rings. The topological polar surface area (TPSA) is 99.9 Å². The highest BCUT2D eigenvalue weighted by Gasteiger charge is 2.24. The van der Waals surface area contributed by atoms with Crippen molar-refractivity contribution in [1.82, 2.24) is 5.32 Å². The summed E-state index contributed by atoms with van der Waals surface area (Å²) in [5.41, 5.74) is 0. The van der Waals surface area contributed by atoms with Gasteiger partial charge in [0, 0.05) is 18.4 Å². The molecular weight excluding hydrogens is 312 g/mol. The number of carbonyl (C=O) groups excluding carboxylic acids is 2. The molecule has 0 unspecified atom stereocenters. The smallest absolute Gasteiger partial charge is 0.222 e. The van der Waals surface area contributed by atoms with Gasteiger partial charge in [-0.25, -0.2) is 5.90 Å². The minimum absolute atomic E-state index is 0.00345. The molecule has 1 saturated carbocycles. The molecular formula is C17H34N2O5. The maximum Gasteiger partial charge on any atom is 0.222 e. The van der Waals surface area contributed by atoms with E-state index in [1.165, 1.54) is 0 Å². The molecule has 142 valence electrons. The van der Waals surface area contributed by atoms with Crippen molar-refractivity contribution in [1.29, 1.82) is 0 Å². The molecule has 0 aliphatic heterocycles. The Morgan fingerprint density at radius 2 is 1.50 bits per heavy atom. The second-order valence-electron chi connectivity index (χ2n) is 5.57. The van der Waals surface area contributed by atoms with Crippen LogP contribution in [0.15, 0.2) is 0 Å². The number of nitrogens with two attached hydrogens (primary N) is 1. The summed E-state index contributed by atoms with van der Waals surface area (Å²) < 4.78 is 10.5. The van der Waals surface area contributed by atoms with Gasteiger partial charge in [0.05, 0.1) is 33.0 Å². The van der Waals surface area contributed by atoms with Crippen LogP contribution in [0.1, 0.15) is 52.9 Å². The van der Waals surface area contributed by atoms with E-state index >= 15 is 0 Å². The predicted molar refractivity (Wildman–Crippen MR) is 92.3 cm³/mol. The lowest BCUT2D eigenvalue weighted by Gasteiger charge is -2.27. The minimum atomic E-state index is 0.00345. The number of amides is 1. The molecule has 0 bridgehead atoms. The highest BCUT2D eigenvalue weighted by atomic mass is 16.6. The standard InChI is InChI=1S/C15H28N2O5.C2H6/c1-12(18)13-2-4-14(5-3-13)17-15(19)6-7-20-8-9-21-10-11-22-16;1-2/h13-14H,2-11,16H2,1H3,(H,17,19);1-2H3. The van der Waals surface area contributed by atoms with Gasteiger partial charge < -0.3 is 19.6 Å². The molecule has 0 aromatic carbocycles. The monoisotopic (exact) mass is 346 g/mol. The first-order valence-electron chi connectivity index (χ1n) is 8.90. The Kier molecular flexibility index (Phi) is 14.8. The molecule has 24 heavy (non-hydrogen) atoms. The number of nitrogens with one attached hydrogen (secondary N) is 1. The van der Waals surface area contributed by atoms with Gasteiger partial charge in [0.25, 0.3) is 0 Å². The molecule has 0 spiro atoms. The van der Waals surface area contributed by atoms with Crippen molar-refractivity contribution in [3.05, 3.63) is 0 Å². The Bertz CT molecular complexity index is 331. The number of ketones is 1. The van der Waals surface area contributed by atoms with Crippen molar-refractivity contribution in [2.45, 2.75) is 58.9 Å². The average Bonchev–Trinajstić information content (AvgIpc) is 2.59. The van der Waals surface area contributed by atoms with E-state index in [0.717, 1.165) is 25.7 Å². The van der Waals surface area contributed by atoms with Crippen LogP contribution in [0.25, 0.3) is 0 Å². The van der Waals surface area contributed by atoms with Gasteiger partial charge in [-0.15, -0.1) is 0 Å². The molecule has 0 heterocycles. The zero-order chi connectivity index (χ0) is 18.2. The molecule has 1 aliphatic rings. The van der Waals surface area contributed by atoms with Crippen molar-refractivity contribution < 1.29 is 23.9 Å². The number of rotatable bonds is 11. The summed E-state index contributed by atoms with van der Waals surface area (Å²) in [5.74, 6) is 5.30. The Hall–Kier alpha value is -1.02. The highest BCUT2D eigenvalue weighted by molar-refractivity contribution is 5.78. The van der Waals surface area contributed by atoms with Gasteiger partial charge in [-0.2, -0.15) is 0 Å². The molecule has 3 N–H and O–H groups in total. The van der Waals surface area contributed by atoms with Gasteiger partial charge in [-0.05, 0) is 32.6 Å². The molecule has 1 rings (SSSR count). The van der Waals surface area contributed by atoms with Crippen LogP contribution < -0.4 is 11.2 Å². The first-order chi connectivity index (χ1) is 11.6. The van der Waals surface area contributed by atoms with Crippen molar-refractivity contribution in [3.63, 3.8) is 0 Å². The van der Waals surface area contributed by atoms with Crippen LogP contribution in [-0.4, -0.2) is 50.8 Å². The van der Waals surface area contributed by atoms with Crippen LogP contribution in [0.5, 0.6) is 0 Å². The molecule has 1 fully saturated rings. The number of carbonyl (C=O) groups is 2. The van der Waals surface area contributed by atoms with Crippen LogP contribution in [0.3, 0.4) is 0 Å². The SMILES string of the molecule is CC.CC(=O)C1CCC(NC(=O)CCOCCOCCON)CC1. The van der Waals surface area contributed by atoms with Crippen LogP contribution >= 0.6 is 0 Å². The molecule has 1 amide bonds. The molecule has 7 heteroatoms. The molecule has 0 aromatic heterocycles. The normalized spacial score (nSPS) is 20.0. The number of hydrogen-bond donors (Lipinski definition) is 2. The summed E-state index contributed by atoms with van der Waals surface area (Å²) in [5, 5.41) is 3.01. The lowest BCUT2D eigenvalue weighted by atomic mass is 9.84. The summed E-state index contributed by atoms with van der Waals surface area (Å²) in [4.78, 5) is 27.4. The lowest BCUT2D eigenvalue weighted by molar-refractivity contribution is -0.123. The Morgan fingerprint density at radius 1 is 0.958 bits per heavy atom. The van der Waals surface area contributed by atoms with Gasteiger partial charge in [0.15, 0.2) is 0 Å². The van der Waals surface area contributed by atoms with Crippen LogP contribution in [0.4, 0.5) is 0 Å². The van der Waals surface area contributed by atoms with Crippen molar-refractivity contribution in [2.75, 3.05) is 33.0 Å². The summed E-state index contributed by atoms with van der Waals surface area (Å²) in [6.45, 7) is 7.72. The fourth-order valence-corrected chi connectivity index (χ4v) is 2.54. The fourth-order valence-electron chi connectivity index (χ4n) is 2.54. The summed E-state index contributed by atoms with van der Waals surface area (Å²) in [6, 6.07) is 0.197. The van der Waals surface area contributed by atoms with E-state index in [4.69, 9.17) is 15.4 Å². The maximum absolute atomic E-state index is 11.8. The Morgan fingerprint density at radius 3 is 2.04 bits per heavy atom.